The van der Waals surface area contributed by atoms with Crippen molar-refractivity contribution in [1.29, 1.82) is 0 Å². The Morgan fingerprint density at radius 1 is 1.33 bits per heavy atom. The molecule has 1 aromatic carbocycles. The van der Waals surface area contributed by atoms with Gasteiger partial charge in [0.25, 0.3) is 0 Å². The molecule has 0 spiro atoms. The molecule has 0 aromatic heterocycles. The number of nitrogens with one attached hydrogen (secondary N) is 1. The van der Waals surface area contributed by atoms with Crippen LogP contribution in [0.2, 0.25) is 0 Å². The Kier molecular flexibility index (Phi) is 4.29. The molecule has 1 aromatic rings. The van der Waals surface area contributed by atoms with Crippen LogP contribution in [0.25, 0.3) is 0 Å². The first-order chi connectivity index (χ1) is 8.50. The standard InChI is InChI=1S/C12H16BrNO3S/c1-9-3-2-4-11(12(9)13)14-18(15,16)10-5-7-17-8-6-10/h2-4,10,14H,5-8H2,1H3. The summed E-state index contributed by atoms with van der Waals surface area (Å²) in [6.07, 6.45) is 1.11. The third-order valence-corrected chi connectivity index (χ3v) is 5.96. The molecule has 1 fully saturated rings. The van der Waals surface area contributed by atoms with Gasteiger partial charge in [-0.2, -0.15) is 0 Å². The summed E-state index contributed by atoms with van der Waals surface area (Å²) < 4.78 is 33.1. The zero-order valence-electron chi connectivity index (χ0n) is 10.1. The highest BCUT2D eigenvalue weighted by atomic mass is 79.9. The zero-order valence-corrected chi connectivity index (χ0v) is 12.6. The van der Waals surface area contributed by atoms with Crippen LogP contribution >= 0.6 is 15.9 Å². The molecule has 0 atom stereocenters. The second-order valence-corrected chi connectivity index (χ2v) is 7.15. The van der Waals surface area contributed by atoms with Crippen molar-refractivity contribution in [3.63, 3.8) is 0 Å². The lowest BCUT2D eigenvalue weighted by Gasteiger charge is -2.23. The van der Waals surface area contributed by atoms with Gasteiger partial charge in [0.05, 0.1) is 10.9 Å². The normalized spacial score (nSPS) is 17.7. The fraction of sp³-hybridized carbons (Fsp3) is 0.500. The van der Waals surface area contributed by atoms with Crippen molar-refractivity contribution in [2.75, 3.05) is 17.9 Å². The summed E-state index contributed by atoms with van der Waals surface area (Å²) >= 11 is 3.41. The van der Waals surface area contributed by atoms with Gasteiger partial charge < -0.3 is 4.74 Å². The number of sulfonamides is 1. The van der Waals surface area contributed by atoms with E-state index in [1.807, 2.05) is 19.1 Å². The molecule has 1 heterocycles. The van der Waals surface area contributed by atoms with Crippen molar-refractivity contribution >= 4 is 31.6 Å². The summed E-state index contributed by atoms with van der Waals surface area (Å²) in [5.74, 6) is 0. The molecule has 0 bridgehead atoms. The van der Waals surface area contributed by atoms with Crippen molar-refractivity contribution in [2.24, 2.45) is 0 Å². The summed E-state index contributed by atoms with van der Waals surface area (Å²) in [6, 6.07) is 5.52. The summed E-state index contributed by atoms with van der Waals surface area (Å²) in [5.41, 5.74) is 1.60. The molecule has 0 aliphatic carbocycles. The van der Waals surface area contributed by atoms with Crippen LogP contribution in [0.3, 0.4) is 0 Å². The highest BCUT2D eigenvalue weighted by molar-refractivity contribution is 9.10. The Labute approximate surface area is 116 Å². The smallest absolute Gasteiger partial charge is 0.235 e. The van der Waals surface area contributed by atoms with Crippen LogP contribution in [0.5, 0.6) is 0 Å². The molecule has 1 aliphatic rings. The van der Waals surface area contributed by atoms with Gasteiger partial charge in [-0.3, -0.25) is 4.72 Å². The first-order valence-corrected chi connectivity index (χ1v) is 8.19. The predicted octanol–water partition coefficient (Wildman–Crippen LogP) is 2.68. The molecule has 1 saturated heterocycles. The van der Waals surface area contributed by atoms with Crippen LogP contribution in [0.1, 0.15) is 18.4 Å². The van der Waals surface area contributed by atoms with Gasteiger partial charge >= 0.3 is 0 Å². The van der Waals surface area contributed by atoms with Crippen LogP contribution in [-0.2, 0) is 14.8 Å². The van der Waals surface area contributed by atoms with E-state index in [0.717, 1.165) is 10.0 Å². The molecule has 1 aliphatic heterocycles. The highest BCUT2D eigenvalue weighted by Gasteiger charge is 2.28. The molecular weight excluding hydrogens is 318 g/mol. The number of rotatable bonds is 3. The van der Waals surface area contributed by atoms with Gasteiger partial charge in [0, 0.05) is 17.7 Å². The van der Waals surface area contributed by atoms with Gasteiger partial charge in [0.15, 0.2) is 0 Å². The van der Waals surface area contributed by atoms with E-state index in [0.29, 0.717) is 31.7 Å². The molecule has 18 heavy (non-hydrogen) atoms. The molecule has 6 heteroatoms. The third kappa shape index (κ3) is 3.05. The van der Waals surface area contributed by atoms with E-state index < -0.39 is 10.0 Å². The second kappa shape index (κ2) is 5.59. The molecule has 100 valence electrons. The highest BCUT2D eigenvalue weighted by Crippen LogP contribution is 2.28. The quantitative estimate of drug-likeness (QED) is 0.925. The van der Waals surface area contributed by atoms with E-state index in [4.69, 9.17) is 4.74 Å². The lowest BCUT2D eigenvalue weighted by molar-refractivity contribution is 0.0984. The molecule has 0 unspecified atom stereocenters. The molecule has 2 rings (SSSR count). The number of halogens is 1. The maximum Gasteiger partial charge on any atom is 0.235 e. The van der Waals surface area contributed by atoms with Crippen LogP contribution in [0, 0.1) is 6.92 Å². The molecule has 0 amide bonds. The first-order valence-electron chi connectivity index (χ1n) is 5.85. The number of hydrogen-bond donors (Lipinski definition) is 1. The second-order valence-electron chi connectivity index (χ2n) is 4.40. The Morgan fingerprint density at radius 2 is 2.00 bits per heavy atom. The molecule has 1 N–H and O–H groups in total. The number of hydrogen-bond acceptors (Lipinski definition) is 3. The monoisotopic (exact) mass is 333 g/mol. The van der Waals surface area contributed by atoms with E-state index in [9.17, 15) is 8.42 Å². The molecule has 0 radical (unpaired) electrons. The lowest BCUT2D eigenvalue weighted by atomic mass is 10.2. The first kappa shape index (κ1) is 13.8. The minimum Gasteiger partial charge on any atom is -0.381 e. The maximum atomic E-state index is 12.2. The number of aryl methyl sites for hydroxylation is 1. The molecular formula is C12H16BrNO3S. The maximum absolute atomic E-state index is 12.2. The van der Waals surface area contributed by atoms with Gasteiger partial charge in [0.2, 0.25) is 10.0 Å². The lowest BCUT2D eigenvalue weighted by Crippen LogP contribution is -2.33. The van der Waals surface area contributed by atoms with Crippen LogP contribution in [0.4, 0.5) is 5.69 Å². The van der Waals surface area contributed by atoms with Crippen molar-refractivity contribution < 1.29 is 13.2 Å². The number of benzene rings is 1. The number of anilines is 1. The fourth-order valence-electron chi connectivity index (χ4n) is 1.95. The minimum absolute atomic E-state index is 0.362. The fourth-order valence-corrected chi connectivity index (χ4v) is 3.90. The minimum atomic E-state index is -3.34. The van der Waals surface area contributed by atoms with E-state index in [1.54, 1.807) is 6.07 Å². The largest absolute Gasteiger partial charge is 0.381 e. The Morgan fingerprint density at radius 3 is 2.67 bits per heavy atom. The summed E-state index contributed by atoms with van der Waals surface area (Å²) in [5, 5.41) is -0.362. The Balaban J connectivity index is 2.19. The van der Waals surface area contributed by atoms with Crippen LogP contribution in [0.15, 0.2) is 22.7 Å². The van der Waals surface area contributed by atoms with Gasteiger partial charge in [0.1, 0.15) is 0 Å². The van der Waals surface area contributed by atoms with Crippen molar-refractivity contribution in [3.8, 4) is 0 Å². The van der Waals surface area contributed by atoms with Crippen LogP contribution < -0.4 is 4.72 Å². The molecule has 4 nitrogen and oxygen atoms in total. The van der Waals surface area contributed by atoms with E-state index in [1.165, 1.54) is 0 Å². The summed E-state index contributed by atoms with van der Waals surface area (Å²) in [4.78, 5) is 0. The van der Waals surface area contributed by atoms with E-state index in [2.05, 4.69) is 20.7 Å². The van der Waals surface area contributed by atoms with Crippen molar-refractivity contribution in [1.82, 2.24) is 0 Å². The Hall–Kier alpha value is -0.590. The average molecular weight is 334 g/mol. The average Bonchev–Trinajstić information content (AvgIpc) is 2.36. The van der Waals surface area contributed by atoms with Gasteiger partial charge in [-0.25, -0.2) is 8.42 Å². The van der Waals surface area contributed by atoms with E-state index in [-0.39, 0.29) is 5.25 Å². The Bertz CT molecular complexity index is 524. The SMILES string of the molecule is Cc1cccc(NS(=O)(=O)C2CCOCC2)c1Br. The molecule has 0 saturated carbocycles. The van der Waals surface area contributed by atoms with Crippen molar-refractivity contribution in [2.45, 2.75) is 25.0 Å². The van der Waals surface area contributed by atoms with Gasteiger partial charge in [-0.15, -0.1) is 0 Å². The summed E-state index contributed by atoms with van der Waals surface area (Å²) in [6.45, 7) is 2.96. The van der Waals surface area contributed by atoms with Crippen molar-refractivity contribution in [3.05, 3.63) is 28.2 Å². The topological polar surface area (TPSA) is 55.4 Å². The van der Waals surface area contributed by atoms with E-state index >= 15 is 0 Å². The predicted molar refractivity (Wildman–Crippen MR) is 75.3 cm³/mol. The third-order valence-electron chi connectivity index (χ3n) is 3.05. The number of ether oxygens (including phenoxy) is 1. The summed E-state index contributed by atoms with van der Waals surface area (Å²) in [7, 11) is -3.34. The van der Waals surface area contributed by atoms with Crippen LogP contribution in [-0.4, -0.2) is 26.9 Å². The van der Waals surface area contributed by atoms with Gasteiger partial charge in [-0.1, -0.05) is 12.1 Å². The zero-order chi connectivity index (χ0) is 13.2. The van der Waals surface area contributed by atoms with Gasteiger partial charge in [-0.05, 0) is 47.3 Å².